The van der Waals surface area contributed by atoms with Crippen LogP contribution in [0.5, 0.6) is 0 Å². The Morgan fingerprint density at radius 3 is 2.31 bits per heavy atom. The molecular formula is C11H23NO. The van der Waals surface area contributed by atoms with E-state index in [0.29, 0.717) is 0 Å². The van der Waals surface area contributed by atoms with Crippen molar-refractivity contribution in [2.24, 2.45) is 0 Å². The maximum atomic E-state index is 9.05. The molecule has 13 heavy (non-hydrogen) atoms. The van der Waals surface area contributed by atoms with Gasteiger partial charge in [-0.1, -0.05) is 39.0 Å². The van der Waals surface area contributed by atoms with Gasteiger partial charge in [0.1, 0.15) is 0 Å². The number of unbranched alkanes of at least 4 members (excludes halogenated alkanes) is 5. The third-order valence-electron chi connectivity index (χ3n) is 2.77. The highest BCUT2D eigenvalue weighted by Crippen LogP contribution is 2.10. The van der Waals surface area contributed by atoms with E-state index in [4.69, 9.17) is 5.11 Å². The summed E-state index contributed by atoms with van der Waals surface area (Å²) in [4.78, 5) is 2.34. The van der Waals surface area contributed by atoms with Gasteiger partial charge >= 0.3 is 0 Å². The summed E-state index contributed by atoms with van der Waals surface area (Å²) in [5.74, 6) is 0. The zero-order chi connectivity index (χ0) is 9.52. The maximum absolute atomic E-state index is 9.05. The molecule has 0 aliphatic carbocycles. The molecule has 2 nitrogen and oxygen atoms in total. The normalized spacial score (nSPS) is 18.9. The predicted octanol–water partition coefficient (Wildman–Crippen LogP) is 2.02. The molecule has 0 atom stereocenters. The summed E-state index contributed by atoms with van der Waals surface area (Å²) < 4.78 is 0. The molecule has 2 heteroatoms. The van der Waals surface area contributed by atoms with E-state index in [1.165, 1.54) is 45.1 Å². The molecule has 1 heterocycles. The third kappa shape index (κ3) is 4.63. The SMILES string of the molecule is CCCCCCCCN1CC(O)C1. The number of hydrogen-bond donors (Lipinski definition) is 1. The van der Waals surface area contributed by atoms with Gasteiger partial charge in [-0.15, -0.1) is 0 Å². The van der Waals surface area contributed by atoms with Gasteiger partial charge in [0.15, 0.2) is 0 Å². The zero-order valence-corrected chi connectivity index (χ0v) is 8.84. The van der Waals surface area contributed by atoms with Gasteiger partial charge in [0.05, 0.1) is 6.10 Å². The Bertz CT molecular complexity index is 121. The van der Waals surface area contributed by atoms with E-state index in [9.17, 15) is 0 Å². The lowest BCUT2D eigenvalue weighted by molar-refractivity contribution is 0.00147. The van der Waals surface area contributed by atoms with Crippen LogP contribution in [0.3, 0.4) is 0 Å². The number of β-amino-alcohol motifs (C(OH)–C–C–N with tert-alkyl or cyclic N) is 1. The summed E-state index contributed by atoms with van der Waals surface area (Å²) in [7, 11) is 0. The van der Waals surface area contributed by atoms with Gasteiger partial charge in [-0.2, -0.15) is 0 Å². The zero-order valence-electron chi connectivity index (χ0n) is 8.84. The van der Waals surface area contributed by atoms with Crippen LogP contribution in [0.1, 0.15) is 45.4 Å². The average Bonchev–Trinajstić information content (AvgIpc) is 2.07. The summed E-state index contributed by atoms with van der Waals surface area (Å²) >= 11 is 0. The fraction of sp³-hybridized carbons (Fsp3) is 1.00. The summed E-state index contributed by atoms with van der Waals surface area (Å²) in [5.41, 5.74) is 0. The lowest BCUT2D eigenvalue weighted by atomic mass is 10.1. The van der Waals surface area contributed by atoms with Gasteiger partial charge in [-0.3, -0.25) is 4.90 Å². The highest BCUT2D eigenvalue weighted by Gasteiger charge is 2.22. The molecule has 0 unspecified atom stereocenters. The Kier molecular flexibility index (Phi) is 5.40. The van der Waals surface area contributed by atoms with E-state index in [1.807, 2.05) is 0 Å². The van der Waals surface area contributed by atoms with Gasteiger partial charge in [0.2, 0.25) is 0 Å². The fourth-order valence-electron chi connectivity index (χ4n) is 1.84. The first-order valence-electron chi connectivity index (χ1n) is 5.73. The second kappa shape index (κ2) is 6.39. The van der Waals surface area contributed by atoms with E-state index in [1.54, 1.807) is 0 Å². The van der Waals surface area contributed by atoms with Crippen molar-refractivity contribution in [1.82, 2.24) is 4.90 Å². The van der Waals surface area contributed by atoms with Crippen molar-refractivity contribution in [3.63, 3.8) is 0 Å². The standard InChI is InChI=1S/C11H23NO/c1-2-3-4-5-6-7-8-12-9-11(13)10-12/h11,13H,2-10H2,1H3. The maximum Gasteiger partial charge on any atom is 0.0793 e. The predicted molar refractivity (Wildman–Crippen MR) is 55.8 cm³/mol. The molecule has 1 aliphatic rings. The van der Waals surface area contributed by atoms with Crippen LogP contribution in [0.2, 0.25) is 0 Å². The van der Waals surface area contributed by atoms with Gasteiger partial charge in [-0.05, 0) is 13.0 Å². The van der Waals surface area contributed by atoms with Crippen LogP contribution in [0.4, 0.5) is 0 Å². The Balaban J connectivity index is 1.74. The molecule has 0 aromatic carbocycles. The average molecular weight is 185 g/mol. The molecule has 0 aromatic heterocycles. The highest BCUT2D eigenvalue weighted by molar-refractivity contribution is 4.77. The van der Waals surface area contributed by atoms with Gasteiger partial charge in [0.25, 0.3) is 0 Å². The van der Waals surface area contributed by atoms with Crippen molar-refractivity contribution in [2.45, 2.75) is 51.6 Å². The van der Waals surface area contributed by atoms with Crippen molar-refractivity contribution in [3.8, 4) is 0 Å². The van der Waals surface area contributed by atoms with Gasteiger partial charge in [-0.25, -0.2) is 0 Å². The molecule has 1 aliphatic heterocycles. The number of hydrogen-bond acceptors (Lipinski definition) is 2. The molecular weight excluding hydrogens is 162 g/mol. The number of rotatable bonds is 7. The number of nitrogens with zero attached hydrogens (tertiary/aromatic N) is 1. The smallest absolute Gasteiger partial charge is 0.0793 e. The van der Waals surface area contributed by atoms with Crippen LogP contribution < -0.4 is 0 Å². The topological polar surface area (TPSA) is 23.5 Å². The molecule has 1 saturated heterocycles. The molecule has 0 radical (unpaired) electrons. The Labute approximate surface area is 81.9 Å². The van der Waals surface area contributed by atoms with E-state index in [2.05, 4.69) is 11.8 Å². The molecule has 0 amide bonds. The molecule has 0 saturated carbocycles. The Morgan fingerprint density at radius 2 is 1.69 bits per heavy atom. The van der Waals surface area contributed by atoms with Gasteiger partial charge < -0.3 is 5.11 Å². The van der Waals surface area contributed by atoms with Crippen molar-refractivity contribution in [1.29, 1.82) is 0 Å². The minimum atomic E-state index is -0.0277. The van der Waals surface area contributed by atoms with Crippen molar-refractivity contribution >= 4 is 0 Å². The molecule has 1 N–H and O–H groups in total. The monoisotopic (exact) mass is 185 g/mol. The van der Waals surface area contributed by atoms with Crippen LogP contribution in [0.15, 0.2) is 0 Å². The van der Waals surface area contributed by atoms with Crippen LogP contribution in [-0.2, 0) is 0 Å². The first kappa shape index (κ1) is 11.0. The van der Waals surface area contributed by atoms with E-state index in [-0.39, 0.29) is 6.10 Å². The molecule has 0 spiro atoms. The van der Waals surface area contributed by atoms with Crippen LogP contribution in [0, 0.1) is 0 Å². The van der Waals surface area contributed by atoms with Crippen LogP contribution >= 0.6 is 0 Å². The van der Waals surface area contributed by atoms with Crippen LogP contribution in [0.25, 0.3) is 0 Å². The molecule has 78 valence electrons. The second-order valence-electron chi connectivity index (χ2n) is 4.18. The Hall–Kier alpha value is -0.0800. The van der Waals surface area contributed by atoms with Crippen molar-refractivity contribution < 1.29 is 5.11 Å². The summed E-state index contributed by atoms with van der Waals surface area (Å²) in [6.45, 7) is 5.27. The number of aliphatic hydroxyl groups is 1. The lowest BCUT2D eigenvalue weighted by Crippen LogP contribution is -2.50. The summed E-state index contributed by atoms with van der Waals surface area (Å²) in [6, 6.07) is 0. The molecule has 0 bridgehead atoms. The number of likely N-dealkylation sites (tertiary alicyclic amines) is 1. The minimum absolute atomic E-state index is 0.0277. The van der Waals surface area contributed by atoms with E-state index in [0.717, 1.165) is 13.1 Å². The van der Waals surface area contributed by atoms with E-state index >= 15 is 0 Å². The summed E-state index contributed by atoms with van der Waals surface area (Å²) in [5, 5.41) is 9.05. The third-order valence-corrected chi connectivity index (χ3v) is 2.77. The van der Waals surface area contributed by atoms with Crippen molar-refractivity contribution in [3.05, 3.63) is 0 Å². The van der Waals surface area contributed by atoms with Gasteiger partial charge in [0, 0.05) is 13.1 Å². The quantitative estimate of drug-likeness (QED) is 0.613. The second-order valence-corrected chi connectivity index (χ2v) is 4.18. The highest BCUT2D eigenvalue weighted by atomic mass is 16.3. The summed E-state index contributed by atoms with van der Waals surface area (Å²) in [6.07, 6.45) is 8.17. The minimum Gasteiger partial charge on any atom is -0.390 e. The number of aliphatic hydroxyl groups excluding tert-OH is 1. The van der Waals surface area contributed by atoms with E-state index < -0.39 is 0 Å². The largest absolute Gasteiger partial charge is 0.390 e. The molecule has 1 rings (SSSR count). The lowest BCUT2D eigenvalue weighted by Gasteiger charge is -2.35. The molecule has 1 fully saturated rings. The first-order valence-corrected chi connectivity index (χ1v) is 5.73. The Morgan fingerprint density at radius 1 is 1.08 bits per heavy atom. The first-order chi connectivity index (χ1) is 6.33. The van der Waals surface area contributed by atoms with Crippen LogP contribution in [-0.4, -0.2) is 35.7 Å². The fourth-order valence-corrected chi connectivity index (χ4v) is 1.84. The molecule has 0 aromatic rings. The van der Waals surface area contributed by atoms with Crippen molar-refractivity contribution in [2.75, 3.05) is 19.6 Å².